The van der Waals surface area contributed by atoms with Gasteiger partial charge in [-0.05, 0) is 30.5 Å². The highest BCUT2D eigenvalue weighted by Crippen LogP contribution is 2.47. The molecular formula is C21H27IN4O2. The minimum absolute atomic E-state index is 0. The number of benzene rings is 1. The minimum Gasteiger partial charge on any atom is -0.459 e. The highest BCUT2D eigenvalue weighted by atomic mass is 127. The van der Waals surface area contributed by atoms with Crippen molar-refractivity contribution < 1.29 is 9.21 Å². The Morgan fingerprint density at radius 2 is 1.75 bits per heavy atom. The number of carbonyl (C=O) groups is 1. The third-order valence-electron chi connectivity index (χ3n) is 5.63. The quantitative estimate of drug-likeness (QED) is 0.404. The van der Waals surface area contributed by atoms with Crippen molar-refractivity contribution in [3.63, 3.8) is 0 Å². The SMILES string of the molecule is CN=C(NCC1(c2ccccc2)CC1)N1CCN(C(=O)c2ccco2)CC1.I. The number of hydrogen-bond acceptors (Lipinski definition) is 3. The first kappa shape index (κ1) is 20.7. The predicted octanol–water partition coefficient (Wildman–Crippen LogP) is 2.96. The first-order valence-electron chi connectivity index (χ1n) is 9.56. The molecule has 0 atom stereocenters. The van der Waals surface area contributed by atoms with Crippen molar-refractivity contribution in [1.82, 2.24) is 15.1 Å². The molecular weight excluding hydrogens is 467 g/mol. The highest BCUT2D eigenvalue weighted by molar-refractivity contribution is 14.0. The molecule has 7 heteroatoms. The normalized spacial score (nSPS) is 18.4. The van der Waals surface area contributed by atoms with Gasteiger partial charge in [0.15, 0.2) is 11.7 Å². The fraction of sp³-hybridized carbons (Fsp3) is 0.429. The van der Waals surface area contributed by atoms with E-state index in [1.54, 1.807) is 12.1 Å². The molecule has 2 fully saturated rings. The van der Waals surface area contributed by atoms with Crippen molar-refractivity contribution in [2.24, 2.45) is 4.99 Å². The van der Waals surface area contributed by atoms with Gasteiger partial charge in [-0.3, -0.25) is 9.79 Å². The number of piperazine rings is 1. The van der Waals surface area contributed by atoms with E-state index < -0.39 is 0 Å². The number of hydrogen-bond donors (Lipinski definition) is 1. The summed E-state index contributed by atoms with van der Waals surface area (Å²) in [5, 5.41) is 3.57. The Morgan fingerprint density at radius 3 is 2.32 bits per heavy atom. The van der Waals surface area contributed by atoms with Gasteiger partial charge in [0.2, 0.25) is 0 Å². The molecule has 0 bridgehead atoms. The summed E-state index contributed by atoms with van der Waals surface area (Å²) in [6.07, 6.45) is 3.97. The topological polar surface area (TPSA) is 61.1 Å². The Labute approximate surface area is 183 Å². The molecule has 28 heavy (non-hydrogen) atoms. The monoisotopic (exact) mass is 494 g/mol. The summed E-state index contributed by atoms with van der Waals surface area (Å²) in [5.74, 6) is 1.29. The van der Waals surface area contributed by atoms with E-state index in [1.807, 2.05) is 11.9 Å². The third-order valence-corrected chi connectivity index (χ3v) is 5.63. The molecule has 1 aromatic carbocycles. The lowest BCUT2D eigenvalue weighted by Crippen LogP contribution is -2.54. The summed E-state index contributed by atoms with van der Waals surface area (Å²) < 4.78 is 5.23. The molecule has 1 aliphatic heterocycles. The van der Waals surface area contributed by atoms with Crippen molar-refractivity contribution in [3.8, 4) is 0 Å². The van der Waals surface area contributed by atoms with Gasteiger partial charge in [0.05, 0.1) is 6.26 Å². The Bertz CT molecular complexity index is 795. The molecule has 2 heterocycles. The van der Waals surface area contributed by atoms with Crippen LogP contribution in [-0.2, 0) is 5.41 Å². The van der Waals surface area contributed by atoms with E-state index in [-0.39, 0.29) is 35.3 Å². The van der Waals surface area contributed by atoms with Crippen LogP contribution in [0, 0.1) is 0 Å². The molecule has 1 aliphatic carbocycles. The molecule has 1 aromatic heterocycles. The molecule has 6 nitrogen and oxygen atoms in total. The molecule has 1 N–H and O–H groups in total. The van der Waals surface area contributed by atoms with E-state index in [0.29, 0.717) is 18.8 Å². The maximum atomic E-state index is 12.4. The predicted molar refractivity (Wildman–Crippen MR) is 120 cm³/mol. The number of halogens is 1. The van der Waals surface area contributed by atoms with Gasteiger partial charge in [0, 0.05) is 45.2 Å². The minimum atomic E-state index is -0.0383. The average molecular weight is 494 g/mol. The zero-order chi connectivity index (χ0) is 18.7. The van der Waals surface area contributed by atoms with Gasteiger partial charge in [-0.25, -0.2) is 0 Å². The number of aliphatic imine (C=N–C) groups is 1. The number of nitrogens with one attached hydrogen (secondary N) is 1. The summed E-state index contributed by atoms with van der Waals surface area (Å²) in [4.78, 5) is 20.9. The smallest absolute Gasteiger partial charge is 0.289 e. The summed E-state index contributed by atoms with van der Waals surface area (Å²) in [7, 11) is 1.82. The Hall–Kier alpha value is -2.03. The van der Waals surface area contributed by atoms with Gasteiger partial charge in [0.1, 0.15) is 0 Å². The summed E-state index contributed by atoms with van der Waals surface area (Å²) >= 11 is 0. The molecule has 150 valence electrons. The van der Waals surface area contributed by atoms with E-state index in [4.69, 9.17) is 4.42 Å². The van der Waals surface area contributed by atoms with E-state index in [0.717, 1.165) is 25.6 Å². The Morgan fingerprint density at radius 1 is 1.07 bits per heavy atom. The van der Waals surface area contributed by atoms with Crippen LogP contribution in [0.2, 0.25) is 0 Å². The second kappa shape index (κ2) is 8.98. The van der Waals surface area contributed by atoms with Crippen LogP contribution in [0.1, 0.15) is 29.0 Å². The molecule has 2 aromatic rings. The largest absolute Gasteiger partial charge is 0.459 e. The molecule has 0 spiro atoms. The van der Waals surface area contributed by atoms with E-state index >= 15 is 0 Å². The maximum absolute atomic E-state index is 12.4. The summed E-state index contributed by atoms with van der Waals surface area (Å²) in [6.45, 7) is 3.78. The van der Waals surface area contributed by atoms with Crippen molar-refractivity contribution in [2.45, 2.75) is 18.3 Å². The van der Waals surface area contributed by atoms with Crippen molar-refractivity contribution in [2.75, 3.05) is 39.8 Å². The lowest BCUT2D eigenvalue weighted by atomic mass is 9.96. The first-order valence-corrected chi connectivity index (χ1v) is 9.56. The number of nitrogens with zero attached hydrogens (tertiary/aromatic N) is 3. The third kappa shape index (κ3) is 4.34. The lowest BCUT2D eigenvalue weighted by molar-refractivity contribution is 0.0657. The number of furan rings is 1. The van der Waals surface area contributed by atoms with Crippen LogP contribution in [0.5, 0.6) is 0 Å². The van der Waals surface area contributed by atoms with Gasteiger partial charge >= 0.3 is 0 Å². The molecule has 2 aliphatic rings. The maximum Gasteiger partial charge on any atom is 0.289 e. The van der Waals surface area contributed by atoms with Crippen molar-refractivity contribution >= 4 is 35.8 Å². The Kier molecular flexibility index (Phi) is 6.64. The number of guanidine groups is 1. The van der Waals surface area contributed by atoms with Crippen LogP contribution >= 0.6 is 24.0 Å². The van der Waals surface area contributed by atoms with Gasteiger partial charge in [0.25, 0.3) is 5.91 Å². The van der Waals surface area contributed by atoms with Crippen LogP contribution in [0.15, 0.2) is 58.1 Å². The van der Waals surface area contributed by atoms with E-state index in [9.17, 15) is 4.79 Å². The fourth-order valence-electron chi connectivity index (χ4n) is 3.77. The molecule has 0 unspecified atom stereocenters. The lowest BCUT2D eigenvalue weighted by Gasteiger charge is -2.36. The van der Waals surface area contributed by atoms with Gasteiger partial charge in [-0.1, -0.05) is 30.3 Å². The van der Waals surface area contributed by atoms with Crippen molar-refractivity contribution in [3.05, 3.63) is 60.1 Å². The molecule has 1 saturated heterocycles. The van der Waals surface area contributed by atoms with Crippen LogP contribution < -0.4 is 5.32 Å². The van der Waals surface area contributed by atoms with Gasteiger partial charge in [-0.2, -0.15) is 0 Å². The number of amides is 1. The zero-order valence-corrected chi connectivity index (χ0v) is 18.5. The van der Waals surface area contributed by atoms with Crippen LogP contribution in [0.4, 0.5) is 0 Å². The van der Waals surface area contributed by atoms with Crippen LogP contribution in [-0.4, -0.2) is 61.4 Å². The first-order chi connectivity index (χ1) is 13.2. The molecule has 1 saturated carbocycles. The standard InChI is InChI=1S/C21H26N4O2.HI/c1-22-20(23-16-21(9-10-21)17-6-3-2-4-7-17)25-13-11-24(12-14-25)19(26)18-8-5-15-27-18;/h2-8,15H,9-14,16H2,1H3,(H,22,23);1H. The molecule has 1 amide bonds. The molecule has 0 radical (unpaired) electrons. The fourth-order valence-corrected chi connectivity index (χ4v) is 3.77. The number of rotatable bonds is 4. The van der Waals surface area contributed by atoms with E-state index in [1.165, 1.54) is 24.7 Å². The van der Waals surface area contributed by atoms with Gasteiger partial charge in [-0.15, -0.1) is 24.0 Å². The summed E-state index contributed by atoms with van der Waals surface area (Å²) in [6, 6.07) is 14.2. The average Bonchev–Trinajstić information content (AvgIpc) is 3.32. The summed E-state index contributed by atoms with van der Waals surface area (Å²) in [5.41, 5.74) is 1.65. The number of carbonyl (C=O) groups excluding carboxylic acids is 1. The highest BCUT2D eigenvalue weighted by Gasteiger charge is 2.44. The van der Waals surface area contributed by atoms with Crippen LogP contribution in [0.3, 0.4) is 0 Å². The zero-order valence-electron chi connectivity index (χ0n) is 16.1. The van der Waals surface area contributed by atoms with Crippen molar-refractivity contribution in [1.29, 1.82) is 0 Å². The van der Waals surface area contributed by atoms with Crippen LogP contribution in [0.25, 0.3) is 0 Å². The Balaban J connectivity index is 0.00000225. The molecule has 4 rings (SSSR count). The van der Waals surface area contributed by atoms with Gasteiger partial charge < -0.3 is 19.5 Å². The second-order valence-electron chi connectivity index (χ2n) is 7.30. The van der Waals surface area contributed by atoms with E-state index in [2.05, 4.69) is 45.5 Å². The second-order valence-corrected chi connectivity index (χ2v) is 7.30.